The van der Waals surface area contributed by atoms with E-state index in [1.165, 1.54) is 51.4 Å². The van der Waals surface area contributed by atoms with E-state index in [2.05, 4.69) is 47.7 Å². The zero-order chi connectivity index (χ0) is 19.3. The summed E-state index contributed by atoms with van der Waals surface area (Å²) in [5.74, 6) is 0.634. The Labute approximate surface area is 256 Å². The van der Waals surface area contributed by atoms with Crippen LogP contribution in [0.1, 0.15) is 84.5 Å². The van der Waals surface area contributed by atoms with Crippen LogP contribution < -0.4 is 113 Å². The summed E-state index contributed by atoms with van der Waals surface area (Å²) < 4.78 is 13.9. The van der Waals surface area contributed by atoms with Crippen LogP contribution in [0, 0.1) is 11.3 Å². The monoisotopic (exact) mass is 464 g/mol. The maximum atomic E-state index is 10.2. The maximum Gasteiger partial charge on any atom is 1.00 e. The van der Waals surface area contributed by atoms with Gasteiger partial charge in [-0.1, -0.05) is 95.9 Å². The molecule has 1 aliphatic carbocycles. The van der Waals surface area contributed by atoms with Gasteiger partial charge in [0, 0.05) is 0 Å². The van der Waals surface area contributed by atoms with Crippen molar-refractivity contribution in [2.75, 3.05) is 6.61 Å². The molecule has 1 rings (SSSR count). The van der Waals surface area contributed by atoms with Crippen molar-refractivity contribution in [2.45, 2.75) is 84.5 Å². The predicted octanol–water partition coefficient (Wildman–Crippen LogP) is -1.17. The van der Waals surface area contributed by atoms with Crippen molar-refractivity contribution in [1.29, 1.82) is 0 Å². The fraction of sp³-hybridized carbons (Fsp3) is 0.800. The van der Waals surface area contributed by atoms with Gasteiger partial charge >= 0.3 is 103 Å². The van der Waals surface area contributed by atoms with Crippen LogP contribution in [-0.2, 0) is 14.1 Å². The second kappa shape index (κ2) is 19.3. The number of hydrogen-bond donors (Lipinski definition) is 0. The van der Waals surface area contributed by atoms with Gasteiger partial charge in [-0.3, -0.25) is 0 Å². The molecule has 0 heterocycles. The van der Waals surface area contributed by atoms with Gasteiger partial charge in [0.05, 0.1) is 6.61 Å². The molecule has 2 atom stereocenters. The van der Waals surface area contributed by atoms with Crippen molar-refractivity contribution in [2.24, 2.45) is 11.3 Å². The zero-order valence-electron chi connectivity index (χ0n) is 18.4. The molecule has 0 saturated heterocycles. The molecule has 1 aliphatic rings. The Kier molecular flexibility index (Phi) is 22.8. The second-order valence-corrected chi connectivity index (χ2v) is 8.71. The molecule has 0 aromatic carbocycles. The minimum absolute atomic E-state index is 0. The van der Waals surface area contributed by atoms with Gasteiger partial charge in [0.2, 0.25) is 0 Å². The third-order valence-corrected chi connectivity index (χ3v) is 5.65. The van der Waals surface area contributed by atoms with Crippen molar-refractivity contribution < 1.29 is 127 Å². The van der Waals surface area contributed by atoms with E-state index < -0.39 is 7.82 Å². The van der Waals surface area contributed by atoms with E-state index in [1.807, 2.05) is 0 Å². The molecule has 0 fully saturated rings. The molecule has 152 valence electrons. The average molecular weight is 465 g/mol. The number of hydrogen-bond acceptors (Lipinski definition) is 5. The third kappa shape index (κ3) is 17.4. The first kappa shape index (κ1) is 33.0. The largest absolute Gasteiger partial charge is 1.00 e. The molecule has 0 radical (unpaired) electrons. The smallest absolute Gasteiger partial charge is 0.788 e. The van der Waals surface area contributed by atoms with E-state index in [0.717, 1.165) is 12.8 Å². The molecular weight excluding hydrogens is 429 g/mol. The van der Waals surface area contributed by atoms with Gasteiger partial charge in [-0.05, 0) is 24.2 Å². The summed E-state index contributed by atoms with van der Waals surface area (Å²) in [4.78, 5) is 24.7. The van der Waals surface area contributed by atoms with Crippen LogP contribution >= 0.6 is 7.82 Å². The van der Waals surface area contributed by atoms with E-state index in [0.29, 0.717) is 17.8 Å². The molecule has 0 bridgehead atoms. The van der Waals surface area contributed by atoms with E-state index in [9.17, 15) is 14.4 Å². The first-order valence-corrected chi connectivity index (χ1v) is 11.5. The fourth-order valence-corrected chi connectivity index (χ4v) is 3.58. The van der Waals surface area contributed by atoms with Crippen LogP contribution in [0.5, 0.6) is 0 Å². The second-order valence-electron chi connectivity index (χ2n) is 7.67. The number of allylic oxidation sites excluding steroid dienone is 4. The van der Waals surface area contributed by atoms with Crippen LogP contribution in [-0.4, -0.2) is 6.61 Å². The summed E-state index contributed by atoms with van der Waals surface area (Å²) in [7, 11) is -4.99. The Balaban J connectivity index is 0. The number of phosphoric acid groups is 1. The van der Waals surface area contributed by atoms with Crippen molar-refractivity contribution in [1.82, 2.24) is 0 Å². The Morgan fingerprint density at radius 1 is 0.893 bits per heavy atom. The molecule has 8 heteroatoms. The summed E-state index contributed by atoms with van der Waals surface area (Å²) in [5.41, 5.74) is 0.335. The molecular formula is C20H35K2O5P. The molecule has 0 aromatic rings. The van der Waals surface area contributed by atoms with Crippen LogP contribution in [0.3, 0.4) is 0 Å². The molecule has 5 nitrogen and oxygen atoms in total. The summed E-state index contributed by atoms with van der Waals surface area (Å²) in [6.45, 7) is 4.83. The minimum Gasteiger partial charge on any atom is -0.788 e. The van der Waals surface area contributed by atoms with Gasteiger partial charge in [0.25, 0.3) is 0 Å². The van der Waals surface area contributed by atoms with Crippen molar-refractivity contribution in [3.05, 3.63) is 24.3 Å². The van der Waals surface area contributed by atoms with E-state index in [4.69, 9.17) is 0 Å². The summed E-state index contributed by atoms with van der Waals surface area (Å²) >= 11 is 0. The third-order valence-electron chi connectivity index (χ3n) is 5.37. The Morgan fingerprint density at radius 3 is 1.89 bits per heavy atom. The SMILES string of the molecule is CC1C=CC=CC1(C)CCCCCCCCCCCCOOP(=O)([O-])[O-].[K+].[K+]. The standard InChI is InChI=1S/C20H37O5P.2K/c1-19-15-11-13-17-20(19,2)16-12-9-7-5-3-4-6-8-10-14-18-24-25-26(21,22)23;;/h11,13,15,17,19H,3-10,12,14,16,18H2,1-2H3,(H2,21,22,23);;/q;2*+1/p-2. The molecule has 2 unspecified atom stereocenters. The summed E-state index contributed by atoms with van der Waals surface area (Å²) in [6.07, 6.45) is 22.0. The fourth-order valence-electron chi connectivity index (χ4n) is 3.37. The molecule has 0 saturated carbocycles. The molecule has 0 N–H and O–H groups in total. The number of unbranched alkanes of at least 4 members (excludes halogenated alkanes) is 9. The summed E-state index contributed by atoms with van der Waals surface area (Å²) in [5, 5.41) is 0. The van der Waals surface area contributed by atoms with Gasteiger partial charge in [-0.15, -0.1) is 0 Å². The number of rotatable bonds is 15. The van der Waals surface area contributed by atoms with Gasteiger partial charge in [-0.25, -0.2) is 9.56 Å². The summed E-state index contributed by atoms with van der Waals surface area (Å²) in [6, 6.07) is 0. The Bertz CT molecular complexity index is 481. The van der Waals surface area contributed by atoms with Crippen molar-refractivity contribution in [3.8, 4) is 0 Å². The minimum atomic E-state index is -4.99. The van der Waals surface area contributed by atoms with Gasteiger partial charge in [0.1, 0.15) is 7.82 Å². The Hall–Kier alpha value is 2.82. The maximum absolute atomic E-state index is 10.2. The first-order valence-electron chi connectivity index (χ1n) is 10.0. The van der Waals surface area contributed by atoms with Crippen molar-refractivity contribution >= 4 is 7.82 Å². The first-order chi connectivity index (χ1) is 12.3. The van der Waals surface area contributed by atoms with Crippen LogP contribution in [0.25, 0.3) is 0 Å². The van der Waals surface area contributed by atoms with E-state index >= 15 is 0 Å². The molecule has 28 heavy (non-hydrogen) atoms. The molecule has 0 spiro atoms. The molecule has 0 aliphatic heterocycles. The average Bonchev–Trinajstić information content (AvgIpc) is 2.57. The van der Waals surface area contributed by atoms with E-state index in [-0.39, 0.29) is 109 Å². The van der Waals surface area contributed by atoms with Crippen LogP contribution in [0.15, 0.2) is 24.3 Å². The zero-order valence-corrected chi connectivity index (χ0v) is 25.5. The van der Waals surface area contributed by atoms with Crippen LogP contribution in [0.2, 0.25) is 0 Å². The Morgan fingerprint density at radius 2 is 1.39 bits per heavy atom. The predicted molar refractivity (Wildman–Crippen MR) is 101 cm³/mol. The van der Waals surface area contributed by atoms with Crippen LogP contribution in [0.4, 0.5) is 0 Å². The normalized spacial score (nSPS) is 21.2. The van der Waals surface area contributed by atoms with Gasteiger partial charge in [0.15, 0.2) is 0 Å². The van der Waals surface area contributed by atoms with Gasteiger partial charge < -0.3 is 14.4 Å². The quantitative estimate of drug-likeness (QED) is 0.100. The van der Waals surface area contributed by atoms with E-state index in [1.54, 1.807) is 0 Å². The topological polar surface area (TPSA) is 81.7 Å². The molecule has 0 amide bonds. The van der Waals surface area contributed by atoms with Crippen molar-refractivity contribution in [3.63, 3.8) is 0 Å². The molecule has 0 aromatic heterocycles. The van der Waals surface area contributed by atoms with Gasteiger partial charge in [-0.2, -0.15) is 0 Å².